The topological polar surface area (TPSA) is 46.2 Å². The second-order valence-corrected chi connectivity index (χ2v) is 7.07. The van der Waals surface area contributed by atoms with E-state index in [0.29, 0.717) is 16.5 Å². The summed E-state index contributed by atoms with van der Waals surface area (Å²) in [5.74, 6) is -0.412. The molecule has 0 aromatic heterocycles. The quantitative estimate of drug-likeness (QED) is 0.860. The van der Waals surface area contributed by atoms with Crippen LogP contribution in [0.5, 0.6) is 0 Å². The van der Waals surface area contributed by atoms with Gasteiger partial charge in [-0.1, -0.05) is 15.9 Å². The van der Waals surface area contributed by atoms with Crippen molar-refractivity contribution >= 4 is 26.0 Å². The fourth-order valence-electron chi connectivity index (χ4n) is 2.07. The van der Waals surface area contributed by atoms with Gasteiger partial charge < -0.3 is 0 Å². The SMILES string of the molecule is Cc1cc(F)cc(C)c1S(=O)(=O)NC1(CBr)CC1. The molecule has 0 amide bonds. The number of hydrogen-bond acceptors (Lipinski definition) is 2. The third-order valence-corrected chi connectivity index (χ3v) is 6.11. The van der Waals surface area contributed by atoms with Gasteiger partial charge >= 0.3 is 0 Å². The van der Waals surface area contributed by atoms with Crippen molar-refractivity contribution in [3.8, 4) is 0 Å². The Morgan fingerprint density at radius 3 is 2.22 bits per heavy atom. The zero-order valence-corrected chi connectivity index (χ0v) is 12.7. The van der Waals surface area contributed by atoms with Gasteiger partial charge in [-0.15, -0.1) is 0 Å². The Kier molecular flexibility index (Phi) is 3.55. The largest absolute Gasteiger partial charge is 0.241 e. The van der Waals surface area contributed by atoms with Crippen LogP contribution in [-0.2, 0) is 10.0 Å². The normalized spacial score (nSPS) is 17.8. The maximum atomic E-state index is 13.2. The minimum Gasteiger partial charge on any atom is -0.207 e. The maximum absolute atomic E-state index is 13.2. The number of nitrogens with one attached hydrogen (secondary N) is 1. The molecule has 1 fully saturated rings. The number of hydrogen-bond donors (Lipinski definition) is 1. The van der Waals surface area contributed by atoms with Crippen LogP contribution in [0.1, 0.15) is 24.0 Å². The van der Waals surface area contributed by atoms with Crippen LogP contribution in [0, 0.1) is 19.7 Å². The number of rotatable bonds is 4. The third-order valence-electron chi connectivity index (χ3n) is 3.15. The zero-order chi connectivity index (χ0) is 13.6. The molecule has 3 nitrogen and oxygen atoms in total. The average Bonchev–Trinajstić information content (AvgIpc) is 2.95. The molecule has 0 heterocycles. The van der Waals surface area contributed by atoms with Gasteiger partial charge in [-0.05, 0) is 49.9 Å². The monoisotopic (exact) mass is 335 g/mol. The van der Waals surface area contributed by atoms with E-state index in [1.54, 1.807) is 13.8 Å². The molecule has 1 saturated carbocycles. The van der Waals surface area contributed by atoms with Crippen LogP contribution in [0.2, 0.25) is 0 Å². The fourth-order valence-corrected chi connectivity index (χ4v) is 4.87. The first-order valence-electron chi connectivity index (χ1n) is 5.66. The summed E-state index contributed by atoms with van der Waals surface area (Å²) in [4.78, 5) is 0.191. The van der Waals surface area contributed by atoms with E-state index < -0.39 is 15.8 Å². The molecule has 0 radical (unpaired) electrons. The lowest BCUT2D eigenvalue weighted by Crippen LogP contribution is -2.38. The van der Waals surface area contributed by atoms with Crippen LogP contribution in [0.15, 0.2) is 17.0 Å². The molecule has 0 atom stereocenters. The van der Waals surface area contributed by atoms with Crippen molar-refractivity contribution in [3.63, 3.8) is 0 Å². The summed E-state index contributed by atoms with van der Waals surface area (Å²) in [5, 5.41) is 0.596. The molecule has 18 heavy (non-hydrogen) atoms. The molecule has 100 valence electrons. The molecule has 2 rings (SSSR count). The van der Waals surface area contributed by atoms with Crippen LogP contribution in [0.25, 0.3) is 0 Å². The van der Waals surface area contributed by atoms with Crippen LogP contribution in [-0.4, -0.2) is 19.3 Å². The van der Waals surface area contributed by atoms with E-state index in [9.17, 15) is 12.8 Å². The lowest BCUT2D eigenvalue weighted by atomic mass is 10.1. The van der Waals surface area contributed by atoms with Crippen LogP contribution < -0.4 is 4.72 Å². The highest BCUT2D eigenvalue weighted by Gasteiger charge is 2.45. The molecule has 6 heteroatoms. The smallest absolute Gasteiger partial charge is 0.207 e. The van der Waals surface area contributed by atoms with Crippen molar-refractivity contribution in [2.45, 2.75) is 37.1 Å². The van der Waals surface area contributed by atoms with Gasteiger partial charge in [0, 0.05) is 10.9 Å². The molecule has 0 bridgehead atoms. The van der Waals surface area contributed by atoms with Gasteiger partial charge in [0.15, 0.2) is 0 Å². The number of aryl methyl sites for hydroxylation is 2. The van der Waals surface area contributed by atoms with E-state index in [1.165, 1.54) is 12.1 Å². The summed E-state index contributed by atoms with van der Waals surface area (Å²) >= 11 is 3.32. The van der Waals surface area contributed by atoms with Crippen LogP contribution in [0.3, 0.4) is 0 Å². The number of sulfonamides is 1. The van der Waals surface area contributed by atoms with Crippen molar-refractivity contribution in [3.05, 3.63) is 29.1 Å². The van der Waals surface area contributed by atoms with E-state index in [1.807, 2.05) is 0 Å². The maximum Gasteiger partial charge on any atom is 0.241 e. The van der Waals surface area contributed by atoms with Crippen LogP contribution >= 0.6 is 15.9 Å². The molecular formula is C12H15BrFNO2S. The predicted octanol–water partition coefficient (Wildman–Crippen LogP) is 2.65. The first-order valence-corrected chi connectivity index (χ1v) is 8.27. The van der Waals surface area contributed by atoms with E-state index in [0.717, 1.165) is 12.8 Å². The molecule has 1 aromatic rings. The summed E-state index contributed by atoms with van der Waals surface area (Å²) in [5.41, 5.74) is 0.516. The Morgan fingerprint density at radius 2 is 1.83 bits per heavy atom. The van der Waals surface area contributed by atoms with E-state index >= 15 is 0 Å². The zero-order valence-electron chi connectivity index (χ0n) is 10.3. The second-order valence-electron chi connectivity index (χ2n) is 4.89. The van der Waals surface area contributed by atoms with Gasteiger partial charge in [-0.2, -0.15) is 0 Å². The first-order chi connectivity index (χ1) is 8.30. The van der Waals surface area contributed by atoms with Gasteiger partial charge in [0.1, 0.15) is 5.82 Å². The minimum absolute atomic E-state index is 0.191. The Hall–Kier alpha value is -0.460. The molecule has 0 spiro atoms. The Labute approximate surface area is 115 Å². The summed E-state index contributed by atoms with van der Waals surface area (Å²) in [6.07, 6.45) is 1.66. The second kappa shape index (κ2) is 4.58. The fraction of sp³-hybridized carbons (Fsp3) is 0.500. The third kappa shape index (κ3) is 2.60. The highest BCUT2D eigenvalue weighted by molar-refractivity contribution is 9.09. The summed E-state index contributed by atoms with van der Waals surface area (Å²) < 4.78 is 40.6. The summed E-state index contributed by atoms with van der Waals surface area (Å²) in [6.45, 7) is 3.22. The minimum atomic E-state index is -3.59. The Bertz CT molecular complexity index is 559. The number of halogens is 2. The molecule has 1 aliphatic rings. The van der Waals surface area contributed by atoms with Crippen molar-refractivity contribution < 1.29 is 12.8 Å². The molecule has 0 aliphatic heterocycles. The molecule has 0 saturated heterocycles. The summed E-state index contributed by atoms with van der Waals surface area (Å²) in [6, 6.07) is 2.49. The number of benzene rings is 1. The van der Waals surface area contributed by atoms with Crippen molar-refractivity contribution in [1.82, 2.24) is 4.72 Å². The molecule has 0 unspecified atom stereocenters. The van der Waals surface area contributed by atoms with Crippen molar-refractivity contribution in [2.24, 2.45) is 0 Å². The number of alkyl halides is 1. The average molecular weight is 336 g/mol. The molecule has 1 N–H and O–H groups in total. The van der Waals surface area contributed by atoms with Crippen molar-refractivity contribution in [2.75, 3.05) is 5.33 Å². The van der Waals surface area contributed by atoms with E-state index in [2.05, 4.69) is 20.7 Å². The predicted molar refractivity (Wildman–Crippen MR) is 72.0 cm³/mol. The summed E-state index contributed by atoms with van der Waals surface area (Å²) in [7, 11) is -3.59. The van der Waals surface area contributed by atoms with Gasteiger partial charge in [0.05, 0.1) is 4.90 Å². The molecule has 1 aliphatic carbocycles. The molecule has 1 aromatic carbocycles. The van der Waals surface area contributed by atoms with Gasteiger partial charge in [-0.25, -0.2) is 17.5 Å². The van der Waals surface area contributed by atoms with E-state index in [-0.39, 0.29) is 10.4 Å². The highest BCUT2D eigenvalue weighted by Crippen LogP contribution is 2.39. The van der Waals surface area contributed by atoms with Gasteiger partial charge in [0.25, 0.3) is 0 Å². The Balaban J connectivity index is 2.42. The standard InChI is InChI=1S/C12H15BrFNO2S/c1-8-5-10(14)6-9(2)11(8)18(16,17)15-12(7-13)3-4-12/h5-6,15H,3-4,7H2,1-2H3. The van der Waals surface area contributed by atoms with Crippen LogP contribution in [0.4, 0.5) is 4.39 Å². The Morgan fingerprint density at radius 1 is 1.33 bits per heavy atom. The lowest BCUT2D eigenvalue weighted by molar-refractivity contribution is 0.559. The van der Waals surface area contributed by atoms with Gasteiger partial charge in [0.2, 0.25) is 10.0 Å². The van der Waals surface area contributed by atoms with Crippen molar-refractivity contribution in [1.29, 1.82) is 0 Å². The van der Waals surface area contributed by atoms with E-state index in [4.69, 9.17) is 0 Å². The first kappa shape index (κ1) is 14.0. The lowest BCUT2D eigenvalue weighted by Gasteiger charge is -2.17. The van der Waals surface area contributed by atoms with Gasteiger partial charge in [-0.3, -0.25) is 0 Å². The molecular weight excluding hydrogens is 321 g/mol. The highest BCUT2D eigenvalue weighted by atomic mass is 79.9.